The first-order chi connectivity index (χ1) is 5.38. The summed E-state index contributed by atoms with van der Waals surface area (Å²) in [6.07, 6.45) is 6.30. The molecule has 2 fully saturated rings. The van der Waals surface area contributed by atoms with Crippen LogP contribution in [0.25, 0.3) is 0 Å². The van der Waals surface area contributed by atoms with Gasteiger partial charge in [-0.15, -0.1) is 12.4 Å². The average molecular weight is 192 g/mol. The summed E-state index contributed by atoms with van der Waals surface area (Å²) in [7, 11) is 0. The molecule has 0 aromatic heterocycles. The van der Waals surface area contributed by atoms with E-state index in [0.717, 1.165) is 18.9 Å². The lowest BCUT2D eigenvalue weighted by molar-refractivity contribution is 0.132. The van der Waals surface area contributed by atoms with Crippen LogP contribution >= 0.6 is 12.4 Å². The van der Waals surface area contributed by atoms with Crippen molar-refractivity contribution in [3.8, 4) is 0 Å². The first-order valence-electron chi connectivity index (χ1n) is 4.79. The molecule has 72 valence electrons. The Hall–Kier alpha value is 0.210. The lowest BCUT2D eigenvalue weighted by Gasteiger charge is -2.21. The molecule has 0 amide bonds. The van der Waals surface area contributed by atoms with Crippen molar-refractivity contribution in [2.24, 2.45) is 5.92 Å². The molecule has 1 aliphatic heterocycles. The van der Waals surface area contributed by atoms with Gasteiger partial charge in [0.2, 0.25) is 0 Å². The van der Waals surface area contributed by atoms with Gasteiger partial charge >= 0.3 is 0 Å². The van der Waals surface area contributed by atoms with Crippen molar-refractivity contribution in [3.05, 3.63) is 0 Å². The van der Waals surface area contributed by atoms with E-state index in [1.54, 1.807) is 0 Å². The summed E-state index contributed by atoms with van der Waals surface area (Å²) in [6, 6.07) is 0.428. The van der Waals surface area contributed by atoms with Gasteiger partial charge in [0, 0.05) is 6.04 Å². The summed E-state index contributed by atoms with van der Waals surface area (Å²) in [5.74, 6) is 0.771. The van der Waals surface area contributed by atoms with Crippen molar-refractivity contribution in [1.29, 1.82) is 0 Å². The zero-order valence-electron chi connectivity index (χ0n) is 7.33. The highest BCUT2D eigenvalue weighted by atomic mass is 35.5. The van der Waals surface area contributed by atoms with Crippen molar-refractivity contribution in [2.45, 2.75) is 44.2 Å². The van der Waals surface area contributed by atoms with Gasteiger partial charge in [-0.25, -0.2) is 0 Å². The van der Waals surface area contributed by atoms with Crippen molar-refractivity contribution >= 4 is 12.4 Å². The standard InChI is InChI=1S/C9H17NO.ClH/c11-8-5-6-10-9(8)7-3-1-2-4-7;/h7-11H,1-6H2;1H. The van der Waals surface area contributed by atoms with E-state index in [2.05, 4.69) is 5.32 Å². The van der Waals surface area contributed by atoms with E-state index < -0.39 is 0 Å². The van der Waals surface area contributed by atoms with Crippen LogP contribution in [0.3, 0.4) is 0 Å². The second-order valence-corrected chi connectivity index (χ2v) is 3.88. The molecule has 0 radical (unpaired) electrons. The van der Waals surface area contributed by atoms with E-state index >= 15 is 0 Å². The van der Waals surface area contributed by atoms with Crippen LogP contribution in [0, 0.1) is 5.92 Å². The minimum Gasteiger partial charge on any atom is -0.391 e. The molecule has 0 bridgehead atoms. The van der Waals surface area contributed by atoms with Crippen LogP contribution in [0.15, 0.2) is 0 Å². The number of aliphatic hydroxyl groups is 1. The number of hydrogen-bond acceptors (Lipinski definition) is 2. The topological polar surface area (TPSA) is 32.3 Å². The van der Waals surface area contributed by atoms with Crippen molar-refractivity contribution in [3.63, 3.8) is 0 Å². The maximum Gasteiger partial charge on any atom is 0.0708 e. The van der Waals surface area contributed by atoms with Crippen molar-refractivity contribution in [2.75, 3.05) is 6.54 Å². The summed E-state index contributed by atoms with van der Waals surface area (Å²) < 4.78 is 0. The molecule has 2 atom stereocenters. The minimum absolute atomic E-state index is 0. The second-order valence-electron chi connectivity index (χ2n) is 3.88. The third-order valence-electron chi connectivity index (χ3n) is 3.14. The molecule has 1 saturated carbocycles. The Labute approximate surface area is 80.1 Å². The highest BCUT2D eigenvalue weighted by Crippen LogP contribution is 2.31. The minimum atomic E-state index is -0.0573. The van der Waals surface area contributed by atoms with Crippen molar-refractivity contribution in [1.82, 2.24) is 5.32 Å². The average Bonchev–Trinajstić information content (AvgIpc) is 2.55. The molecule has 2 nitrogen and oxygen atoms in total. The molecular weight excluding hydrogens is 174 g/mol. The zero-order valence-corrected chi connectivity index (χ0v) is 8.15. The molecule has 1 saturated heterocycles. The number of aliphatic hydroxyl groups excluding tert-OH is 1. The summed E-state index contributed by atoms with van der Waals surface area (Å²) in [5, 5.41) is 13.0. The van der Waals surface area contributed by atoms with Gasteiger partial charge in [-0.05, 0) is 31.7 Å². The fourth-order valence-electron chi connectivity index (χ4n) is 2.51. The molecule has 1 heterocycles. The van der Waals surface area contributed by atoms with E-state index in [9.17, 15) is 5.11 Å². The Morgan fingerprint density at radius 1 is 1.08 bits per heavy atom. The quantitative estimate of drug-likeness (QED) is 0.656. The van der Waals surface area contributed by atoms with Gasteiger partial charge in [0.05, 0.1) is 6.10 Å². The van der Waals surface area contributed by atoms with Crippen molar-refractivity contribution < 1.29 is 5.11 Å². The molecular formula is C9H18ClNO. The zero-order chi connectivity index (χ0) is 7.68. The molecule has 2 unspecified atom stereocenters. The Kier molecular flexibility index (Phi) is 3.81. The molecule has 2 rings (SSSR count). The van der Waals surface area contributed by atoms with Crippen LogP contribution in [-0.4, -0.2) is 23.8 Å². The van der Waals surface area contributed by atoms with Crippen LogP contribution in [0.4, 0.5) is 0 Å². The smallest absolute Gasteiger partial charge is 0.0708 e. The molecule has 0 spiro atoms. The Morgan fingerprint density at radius 3 is 2.25 bits per heavy atom. The van der Waals surface area contributed by atoms with Crippen LogP contribution < -0.4 is 5.32 Å². The number of rotatable bonds is 1. The first-order valence-corrected chi connectivity index (χ1v) is 4.79. The van der Waals surface area contributed by atoms with Gasteiger partial charge in [-0.3, -0.25) is 0 Å². The molecule has 12 heavy (non-hydrogen) atoms. The Morgan fingerprint density at radius 2 is 1.75 bits per heavy atom. The summed E-state index contributed by atoms with van der Waals surface area (Å²) in [6.45, 7) is 1.02. The number of halogens is 1. The largest absolute Gasteiger partial charge is 0.391 e. The molecule has 3 heteroatoms. The van der Waals surface area contributed by atoms with Gasteiger partial charge in [0.15, 0.2) is 0 Å². The number of nitrogens with one attached hydrogen (secondary N) is 1. The van der Waals surface area contributed by atoms with E-state index in [1.807, 2.05) is 0 Å². The SMILES string of the molecule is Cl.OC1CCNC1C1CCCC1. The summed E-state index contributed by atoms with van der Waals surface area (Å²) >= 11 is 0. The van der Waals surface area contributed by atoms with Crippen LogP contribution in [0.1, 0.15) is 32.1 Å². The number of hydrogen-bond donors (Lipinski definition) is 2. The predicted octanol–water partition coefficient (Wildman–Crippen LogP) is 1.32. The monoisotopic (exact) mass is 191 g/mol. The maximum absolute atomic E-state index is 9.59. The van der Waals surface area contributed by atoms with E-state index in [1.165, 1.54) is 25.7 Å². The predicted molar refractivity (Wildman–Crippen MR) is 51.6 cm³/mol. The molecule has 1 aliphatic carbocycles. The molecule has 2 N–H and O–H groups in total. The lowest BCUT2D eigenvalue weighted by atomic mass is 9.95. The van der Waals surface area contributed by atoms with E-state index in [0.29, 0.717) is 6.04 Å². The van der Waals surface area contributed by atoms with E-state index in [4.69, 9.17) is 0 Å². The highest BCUT2D eigenvalue weighted by Gasteiger charge is 2.33. The van der Waals surface area contributed by atoms with Gasteiger partial charge in [0.25, 0.3) is 0 Å². The fourth-order valence-corrected chi connectivity index (χ4v) is 2.51. The molecule has 2 aliphatic rings. The third kappa shape index (κ3) is 1.93. The maximum atomic E-state index is 9.59. The fraction of sp³-hybridized carbons (Fsp3) is 1.00. The summed E-state index contributed by atoms with van der Waals surface area (Å²) in [5.41, 5.74) is 0. The van der Waals surface area contributed by atoms with Gasteiger partial charge in [-0.2, -0.15) is 0 Å². The Balaban J connectivity index is 0.000000720. The molecule has 0 aromatic carbocycles. The summed E-state index contributed by atoms with van der Waals surface area (Å²) in [4.78, 5) is 0. The second kappa shape index (κ2) is 4.45. The van der Waals surface area contributed by atoms with E-state index in [-0.39, 0.29) is 18.5 Å². The third-order valence-corrected chi connectivity index (χ3v) is 3.14. The van der Waals surface area contributed by atoms with Gasteiger partial charge < -0.3 is 10.4 Å². The molecule has 0 aromatic rings. The Bertz CT molecular complexity index is 136. The normalized spacial score (nSPS) is 36.8. The lowest BCUT2D eigenvalue weighted by Crippen LogP contribution is -2.36. The highest BCUT2D eigenvalue weighted by molar-refractivity contribution is 5.85. The van der Waals surface area contributed by atoms with Crippen LogP contribution in [0.5, 0.6) is 0 Å². The van der Waals surface area contributed by atoms with Gasteiger partial charge in [0.1, 0.15) is 0 Å². The van der Waals surface area contributed by atoms with Gasteiger partial charge in [-0.1, -0.05) is 12.8 Å². The first kappa shape index (κ1) is 10.3. The van der Waals surface area contributed by atoms with Crippen LogP contribution in [0.2, 0.25) is 0 Å². The van der Waals surface area contributed by atoms with Crippen LogP contribution in [-0.2, 0) is 0 Å².